The molecule has 1 aliphatic heterocycles. The van der Waals surface area contributed by atoms with Crippen LogP contribution in [0.1, 0.15) is 25.0 Å². The number of nitrogens with one attached hydrogen (secondary N) is 1. The number of esters is 1. The molecule has 0 spiro atoms. The minimum absolute atomic E-state index is 0.120. The average molecular weight is 449 g/mol. The number of hydrogen-bond donors (Lipinski definition) is 2. The molecular formula is C25H24NO5P. The molecule has 0 radical (unpaired) electrons. The summed E-state index contributed by atoms with van der Waals surface area (Å²) in [7, 11) is -2.07. The molecule has 32 heavy (non-hydrogen) atoms. The van der Waals surface area contributed by atoms with Gasteiger partial charge in [-0.2, -0.15) is 0 Å². The maximum Gasteiger partial charge on any atom is 0.336 e. The lowest BCUT2D eigenvalue weighted by molar-refractivity contribution is -0.138. The van der Waals surface area contributed by atoms with Crippen LogP contribution in [0.4, 0.5) is 0 Å². The molecule has 6 nitrogen and oxygen atoms in total. The first-order valence-electron chi connectivity index (χ1n) is 10.1. The zero-order valence-corrected chi connectivity index (χ0v) is 18.9. The number of allylic oxidation sites excluding steroid dienone is 1. The number of ether oxygens (including phenoxy) is 2. The third-order valence-electron chi connectivity index (χ3n) is 5.55. The fraction of sp³-hybridized carbons (Fsp3) is 0.160. The Morgan fingerprint density at radius 2 is 1.62 bits per heavy atom. The number of carbonyl (C=O) groups excluding carboxylic acids is 1. The lowest BCUT2D eigenvalue weighted by atomic mass is 9.89. The van der Waals surface area contributed by atoms with Gasteiger partial charge in [-0.25, -0.2) is 9.88 Å². The molecular weight excluding hydrogens is 425 g/mol. The van der Waals surface area contributed by atoms with E-state index in [0.29, 0.717) is 21.7 Å². The number of hydrogen-bond acceptors (Lipinski definition) is 5. The van der Waals surface area contributed by atoms with E-state index < -0.39 is 18.8 Å². The van der Waals surface area contributed by atoms with Gasteiger partial charge in [0, 0.05) is 27.8 Å². The van der Waals surface area contributed by atoms with Crippen molar-refractivity contribution in [2.45, 2.75) is 19.4 Å². The van der Waals surface area contributed by atoms with Crippen molar-refractivity contribution < 1.29 is 23.9 Å². The fourth-order valence-electron chi connectivity index (χ4n) is 4.00. The first-order valence-corrected chi connectivity index (χ1v) is 11.9. The van der Waals surface area contributed by atoms with Crippen LogP contribution >= 0.6 is 7.29 Å². The van der Waals surface area contributed by atoms with E-state index in [2.05, 4.69) is 5.09 Å². The van der Waals surface area contributed by atoms with E-state index in [4.69, 9.17) is 9.47 Å². The van der Waals surface area contributed by atoms with Crippen molar-refractivity contribution >= 4 is 29.9 Å². The molecule has 4 rings (SSSR count). The second-order valence-electron chi connectivity index (χ2n) is 7.62. The minimum Gasteiger partial charge on any atom is -0.504 e. The molecule has 0 aromatic heterocycles. The summed E-state index contributed by atoms with van der Waals surface area (Å²) in [5, 5.41) is 15.1. The van der Waals surface area contributed by atoms with Crippen LogP contribution in [0.25, 0.3) is 6.08 Å². The molecule has 0 amide bonds. The van der Waals surface area contributed by atoms with E-state index in [1.165, 1.54) is 13.2 Å². The van der Waals surface area contributed by atoms with Crippen LogP contribution in [0, 0.1) is 0 Å². The highest BCUT2D eigenvalue weighted by atomic mass is 31.2. The first-order chi connectivity index (χ1) is 15.3. The van der Waals surface area contributed by atoms with Gasteiger partial charge in [-0.15, -0.1) is 0 Å². The number of fused-ring (bicyclic) bond motifs is 1. The van der Waals surface area contributed by atoms with E-state index in [0.717, 1.165) is 0 Å². The third kappa shape index (κ3) is 3.42. The molecule has 1 aliphatic rings. The van der Waals surface area contributed by atoms with Crippen molar-refractivity contribution in [3.8, 4) is 17.2 Å². The predicted molar refractivity (Wildman–Crippen MR) is 125 cm³/mol. The van der Waals surface area contributed by atoms with Crippen LogP contribution < -0.4 is 25.2 Å². The summed E-state index contributed by atoms with van der Waals surface area (Å²) in [6.45, 7) is 3.42. The fourth-order valence-corrected chi connectivity index (χ4v) is 6.57. The highest BCUT2D eigenvalue weighted by Gasteiger charge is 2.52. The summed E-state index contributed by atoms with van der Waals surface area (Å²) in [5.41, 5.74) is -0.712. The maximum absolute atomic E-state index is 14.6. The molecule has 0 bridgehead atoms. The molecule has 2 N–H and O–H groups in total. The van der Waals surface area contributed by atoms with E-state index in [1.807, 2.05) is 12.1 Å². The summed E-state index contributed by atoms with van der Waals surface area (Å²) < 4.78 is 25.4. The molecule has 0 saturated heterocycles. The summed E-state index contributed by atoms with van der Waals surface area (Å²) in [5.74, 6) is -0.299. The third-order valence-corrected chi connectivity index (χ3v) is 8.36. The molecule has 164 valence electrons. The topological polar surface area (TPSA) is 84.9 Å². The van der Waals surface area contributed by atoms with Gasteiger partial charge in [-0.05, 0) is 38.1 Å². The average Bonchev–Trinajstić information content (AvgIpc) is 3.05. The zero-order chi connectivity index (χ0) is 22.9. The Bertz CT molecular complexity index is 1200. The van der Waals surface area contributed by atoms with Crippen molar-refractivity contribution in [1.82, 2.24) is 5.09 Å². The Balaban J connectivity index is 1.95. The Morgan fingerprint density at radius 1 is 1.06 bits per heavy atom. The summed E-state index contributed by atoms with van der Waals surface area (Å²) in [6, 6.07) is 19.4. The largest absolute Gasteiger partial charge is 0.504 e. The highest BCUT2D eigenvalue weighted by molar-refractivity contribution is 7.77. The van der Waals surface area contributed by atoms with Gasteiger partial charge in [0.1, 0.15) is 5.75 Å². The van der Waals surface area contributed by atoms with Gasteiger partial charge < -0.3 is 14.6 Å². The summed E-state index contributed by atoms with van der Waals surface area (Å²) in [4.78, 5) is 13.2. The van der Waals surface area contributed by atoms with Crippen LogP contribution in [0.15, 0.2) is 72.8 Å². The number of rotatable bonds is 6. The molecule has 0 saturated carbocycles. The Hall–Kier alpha value is -3.34. The number of carbonyl (C=O) groups is 1. The molecule has 3 aromatic rings. The van der Waals surface area contributed by atoms with Crippen LogP contribution in [-0.2, 0) is 14.9 Å². The van der Waals surface area contributed by atoms with Crippen molar-refractivity contribution in [2.75, 3.05) is 7.11 Å². The van der Waals surface area contributed by atoms with E-state index >= 15 is 0 Å². The quantitative estimate of drug-likeness (QED) is 0.335. The standard InChI is InChI=1S/C25H24NO5P/c1-4-11-19-22-20(16-21(30-3)23(19)27)31-24(28)25(22,2)26-32(29,17-12-7-5-8-13-17)18-14-9-6-10-15-18/h4-16,27H,1-3H3,(H,26,29)/b11-4+/t25-/m0/s1. The summed E-state index contributed by atoms with van der Waals surface area (Å²) in [6.07, 6.45) is 3.42. The van der Waals surface area contributed by atoms with Gasteiger partial charge >= 0.3 is 5.97 Å². The van der Waals surface area contributed by atoms with Gasteiger partial charge in [0.15, 0.2) is 17.0 Å². The van der Waals surface area contributed by atoms with Gasteiger partial charge in [0.2, 0.25) is 7.29 Å². The molecule has 0 fully saturated rings. The summed E-state index contributed by atoms with van der Waals surface area (Å²) >= 11 is 0. The van der Waals surface area contributed by atoms with Crippen LogP contribution in [0.2, 0.25) is 0 Å². The smallest absolute Gasteiger partial charge is 0.336 e. The number of phenolic OH excluding ortho intramolecular Hbond substituents is 1. The van der Waals surface area contributed by atoms with Crippen molar-refractivity contribution in [3.05, 3.63) is 83.9 Å². The van der Waals surface area contributed by atoms with E-state index in [9.17, 15) is 14.5 Å². The second kappa shape index (κ2) is 8.30. The molecule has 3 aromatic carbocycles. The SMILES string of the molecule is C/C=C/c1c(O)c(OC)cc2c1[C@](C)(NP(=O)(c1ccccc1)c1ccccc1)C(=O)O2. The van der Waals surface area contributed by atoms with Crippen molar-refractivity contribution in [3.63, 3.8) is 0 Å². The molecule has 7 heteroatoms. The van der Waals surface area contributed by atoms with E-state index in [1.54, 1.807) is 74.5 Å². The second-order valence-corrected chi connectivity index (χ2v) is 10.1. The van der Waals surface area contributed by atoms with Gasteiger partial charge in [0.25, 0.3) is 0 Å². The molecule has 1 atom stereocenters. The monoisotopic (exact) mass is 449 g/mol. The van der Waals surface area contributed by atoms with E-state index in [-0.39, 0.29) is 17.2 Å². The minimum atomic E-state index is -3.49. The Morgan fingerprint density at radius 3 is 2.12 bits per heavy atom. The van der Waals surface area contributed by atoms with Crippen molar-refractivity contribution in [1.29, 1.82) is 0 Å². The van der Waals surface area contributed by atoms with Crippen LogP contribution in [0.3, 0.4) is 0 Å². The van der Waals surface area contributed by atoms with Crippen molar-refractivity contribution in [2.24, 2.45) is 0 Å². The number of aromatic hydroxyl groups is 1. The first kappa shape index (κ1) is 21.9. The predicted octanol–water partition coefficient (Wildman–Crippen LogP) is 4.09. The number of benzene rings is 3. The molecule has 0 unspecified atom stereocenters. The highest BCUT2D eigenvalue weighted by Crippen LogP contribution is 2.52. The lowest BCUT2D eigenvalue weighted by Gasteiger charge is -2.31. The van der Waals surface area contributed by atoms with Gasteiger partial charge in [-0.1, -0.05) is 48.6 Å². The number of phenols is 1. The maximum atomic E-state index is 14.6. The van der Waals surface area contributed by atoms with Crippen LogP contribution in [0.5, 0.6) is 17.2 Å². The molecule has 1 heterocycles. The Kier molecular flexibility index (Phi) is 5.68. The molecule has 0 aliphatic carbocycles. The van der Waals surface area contributed by atoms with Crippen LogP contribution in [-0.4, -0.2) is 18.2 Å². The zero-order valence-electron chi connectivity index (χ0n) is 18.0. The van der Waals surface area contributed by atoms with Gasteiger partial charge in [0.05, 0.1) is 7.11 Å². The van der Waals surface area contributed by atoms with Gasteiger partial charge in [-0.3, -0.25) is 4.57 Å². The number of methoxy groups -OCH3 is 1. The Labute approximate surface area is 186 Å². The normalized spacial score (nSPS) is 17.9. The lowest BCUT2D eigenvalue weighted by Crippen LogP contribution is -2.47.